The maximum absolute atomic E-state index is 5.36. The molecule has 2 heterocycles. The van der Waals surface area contributed by atoms with E-state index in [1.54, 1.807) is 13.4 Å². The topological polar surface area (TPSA) is 62.0 Å². The van der Waals surface area contributed by atoms with Gasteiger partial charge >= 0.3 is 0 Å². The van der Waals surface area contributed by atoms with Gasteiger partial charge in [0, 0.05) is 33.2 Å². The second kappa shape index (κ2) is 11.9. The fourth-order valence-corrected chi connectivity index (χ4v) is 2.98. The zero-order valence-electron chi connectivity index (χ0n) is 15.8. The Morgan fingerprint density at radius 3 is 2.84 bits per heavy atom. The smallest absolute Gasteiger partial charge is 0.191 e. The summed E-state index contributed by atoms with van der Waals surface area (Å²) < 4.78 is 10.5. The molecule has 0 aromatic carbocycles. The molecule has 0 radical (unpaired) electrons. The highest BCUT2D eigenvalue weighted by molar-refractivity contribution is 5.79. The third kappa shape index (κ3) is 8.40. The van der Waals surface area contributed by atoms with Crippen LogP contribution in [0.25, 0.3) is 0 Å². The van der Waals surface area contributed by atoms with Crippen LogP contribution in [-0.4, -0.2) is 63.8 Å². The Labute approximate surface area is 152 Å². The highest BCUT2D eigenvalue weighted by atomic mass is 16.5. The standard InChI is InChI=1S/C19H34N4O2/c1-17-7-13-23(14-8-17)12-4-9-20-19(22-11-16-24-2)21-10-6-18-5-3-15-25-18/h3,5,15,17H,4,6-14,16H2,1-2H3,(H2,20,21,22). The molecular formula is C19H34N4O2. The molecule has 6 heteroatoms. The minimum atomic E-state index is 0.671. The lowest BCUT2D eigenvalue weighted by atomic mass is 9.99. The van der Waals surface area contributed by atoms with Crippen LogP contribution in [0.15, 0.2) is 27.8 Å². The van der Waals surface area contributed by atoms with E-state index in [9.17, 15) is 0 Å². The number of aliphatic imine (C=N–C) groups is 1. The molecule has 0 unspecified atom stereocenters. The predicted octanol–water partition coefficient (Wildman–Crippen LogP) is 2.13. The van der Waals surface area contributed by atoms with E-state index in [-0.39, 0.29) is 0 Å². The van der Waals surface area contributed by atoms with Crippen molar-refractivity contribution in [2.75, 3.05) is 53.0 Å². The second-order valence-electron chi connectivity index (χ2n) is 6.78. The number of piperidine rings is 1. The molecule has 1 aliphatic heterocycles. The van der Waals surface area contributed by atoms with Crippen LogP contribution in [0, 0.1) is 5.92 Å². The Kier molecular flexibility index (Phi) is 9.44. The maximum atomic E-state index is 5.36. The highest BCUT2D eigenvalue weighted by Gasteiger charge is 2.14. The first-order valence-corrected chi connectivity index (χ1v) is 9.54. The normalized spacial score (nSPS) is 17.0. The molecule has 0 spiro atoms. The minimum absolute atomic E-state index is 0.671. The van der Waals surface area contributed by atoms with Gasteiger partial charge in [0.2, 0.25) is 0 Å². The molecular weight excluding hydrogens is 316 g/mol. The number of hydrogen-bond donors (Lipinski definition) is 2. The molecule has 0 saturated carbocycles. The Morgan fingerprint density at radius 1 is 1.32 bits per heavy atom. The van der Waals surface area contributed by atoms with Crippen molar-refractivity contribution in [3.8, 4) is 0 Å². The number of likely N-dealkylation sites (tertiary alicyclic amines) is 1. The van der Waals surface area contributed by atoms with E-state index in [2.05, 4.69) is 22.5 Å². The molecule has 1 aromatic heterocycles. The predicted molar refractivity (Wildman–Crippen MR) is 102 cm³/mol. The van der Waals surface area contributed by atoms with Crippen LogP contribution in [0.4, 0.5) is 0 Å². The van der Waals surface area contributed by atoms with Crippen LogP contribution in [0.1, 0.15) is 31.9 Å². The summed E-state index contributed by atoms with van der Waals surface area (Å²) in [6.45, 7) is 9.06. The van der Waals surface area contributed by atoms with Crippen molar-refractivity contribution < 1.29 is 9.15 Å². The van der Waals surface area contributed by atoms with Gasteiger partial charge in [-0.15, -0.1) is 0 Å². The van der Waals surface area contributed by atoms with Crippen LogP contribution in [0.3, 0.4) is 0 Å². The average molecular weight is 351 g/mol. The largest absolute Gasteiger partial charge is 0.469 e. The van der Waals surface area contributed by atoms with Crippen molar-refractivity contribution in [3.05, 3.63) is 24.2 Å². The zero-order valence-corrected chi connectivity index (χ0v) is 15.8. The molecule has 1 aromatic rings. The van der Waals surface area contributed by atoms with E-state index in [0.29, 0.717) is 6.61 Å². The summed E-state index contributed by atoms with van der Waals surface area (Å²) in [4.78, 5) is 7.26. The van der Waals surface area contributed by atoms with E-state index in [1.165, 1.54) is 25.9 Å². The van der Waals surface area contributed by atoms with Gasteiger partial charge < -0.3 is 24.7 Å². The van der Waals surface area contributed by atoms with E-state index in [1.807, 2.05) is 12.1 Å². The van der Waals surface area contributed by atoms with Crippen molar-refractivity contribution in [2.24, 2.45) is 10.9 Å². The van der Waals surface area contributed by atoms with Gasteiger partial charge in [-0.1, -0.05) is 6.92 Å². The lowest BCUT2D eigenvalue weighted by molar-refractivity contribution is 0.191. The van der Waals surface area contributed by atoms with E-state index >= 15 is 0 Å². The molecule has 2 N–H and O–H groups in total. The van der Waals surface area contributed by atoms with E-state index < -0.39 is 0 Å². The van der Waals surface area contributed by atoms with Crippen molar-refractivity contribution in [3.63, 3.8) is 0 Å². The SMILES string of the molecule is COCCNC(=NCCCN1CCC(C)CC1)NCCc1ccco1. The van der Waals surface area contributed by atoms with Gasteiger partial charge in [-0.3, -0.25) is 4.99 Å². The molecule has 25 heavy (non-hydrogen) atoms. The van der Waals surface area contributed by atoms with E-state index in [0.717, 1.165) is 56.7 Å². The van der Waals surface area contributed by atoms with Crippen LogP contribution in [0.2, 0.25) is 0 Å². The molecule has 2 rings (SSSR count). The van der Waals surface area contributed by atoms with Crippen LogP contribution in [0.5, 0.6) is 0 Å². The van der Waals surface area contributed by atoms with Gasteiger partial charge in [-0.25, -0.2) is 0 Å². The third-order valence-electron chi connectivity index (χ3n) is 4.62. The summed E-state index contributed by atoms with van der Waals surface area (Å²) in [6.07, 6.45) is 6.33. The summed E-state index contributed by atoms with van der Waals surface area (Å²) in [5, 5.41) is 6.69. The quantitative estimate of drug-likeness (QED) is 0.384. The lowest BCUT2D eigenvalue weighted by Crippen LogP contribution is -2.40. The Morgan fingerprint density at radius 2 is 2.12 bits per heavy atom. The van der Waals surface area contributed by atoms with Crippen LogP contribution in [-0.2, 0) is 11.2 Å². The molecule has 0 bridgehead atoms. The molecule has 0 amide bonds. The Balaban J connectivity index is 1.66. The zero-order chi connectivity index (χ0) is 17.7. The van der Waals surface area contributed by atoms with Gasteiger partial charge in [0.05, 0.1) is 12.9 Å². The summed E-state index contributed by atoms with van der Waals surface area (Å²) in [5.74, 6) is 2.74. The molecule has 1 saturated heterocycles. The van der Waals surface area contributed by atoms with Gasteiger partial charge in [-0.05, 0) is 56.9 Å². The van der Waals surface area contributed by atoms with Crippen molar-refractivity contribution in [1.29, 1.82) is 0 Å². The summed E-state index contributed by atoms with van der Waals surface area (Å²) >= 11 is 0. The fourth-order valence-electron chi connectivity index (χ4n) is 2.98. The van der Waals surface area contributed by atoms with Crippen LogP contribution >= 0.6 is 0 Å². The van der Waals surface area contributed by atoms with E-state index in [4.69, 9.17) is 14.1 Å². The van der Waals surface area contributed by atoms with Crippen molar-refractivity contribution >= 4 is 5.96 Å². The molecule has 0 atom stereocenters. The van der Waals surface area contributed by atoms with Gasteiger partial charge in [0.1, 0.15) is 5.76 Å². The summed E-state index contributed by atoms with van der Waals surface area (Å²) in [7, 11) is 1.71. The van der Waals surface area contributed by atoms with Gasteiger partial charge in [-0.2, -0.15) is 0 Å². The molecule has 6 nitrogen and oxygen atoms in total. The van der Waals surface area contributed by atoms with Crippen molar-refractivity contribution in [1.82, 2.24) is 15.5 Å². The number of ether oxygens (including phenoxy) is 1. The number of methoxy groups -OCH3 is 1. The van der Waals surface area contributed by atoms with Gasteiger partial charge in [0.25, 0.3) is 0 Å². The number of nitrogens with zero attached hydrogens (tertiary/aromatic N) is 2. The number of furan rings is 1. The average Bonchev–Trinajstić information content (AvgIpc) is 3.13. The monoisotopic (exact) mass is 350 g/mol. The molecule has 1 aliphatic rings. The second-order valence-corrected chi connectivity index (χ2v) is 6.78. The summed E-state index contributed by atoms with van der Waals surface area (Å²) in [6, 6.07) is 3.92. The maximum Gasteiger partial charge on any atom is 0.191 e. The van der Waals surface area contributed by atoms with Gasteiger partial charge in [0.15, 0.2) is 5.96 Å². The lowest BCUT2D eigenvalue weighted by Gasteiger charge is -2.29. The Bertz CT molecular complexity index is 468. The minimum Gasteiger partial charge on any atom is -0.469 e. The number of rotatable bonds is 10. The number of nitrogens with one attached hydrogen (secondary N) is 2. The Hall–Kier alpha value is -1.53. The molecule has 0 aliphatic carbocycles. The fraction of sp³-hybridized carbons (Fsp3) is 0.737. The molecule has 1 fully saturated rings. The first kappa shape index (κ1) is 19.8. The first-order chi connectivity index (χ1) is 12.3. The molecule has 142 valence electrons. The third-order valence-corrected chi connectivity index (χ3v) is 4.62. The van der Waals surface area contributed by atoms with Crippen molar-refractivity contribution in [2.45, 2.75) is 32.6 Å². The number of guanidine groups is 1. The number of hydrogen-bond acceptors (Lipinski definition) is 4. The van der Waals surface area contributed by atoms with Crippen LogP contribution < -0.4 is 10.6 Å². The highest BCUT2D eigenvalue weighted by Crippen LogP contribution is 2.15. The first-order valence-electron chi connectivity index (χ1n) is 9.54. The summed E-state index contributed by atoms with van der Waals surface area (Å²) in [5.41, 5.74) is 0.